The zero-order valence-electron chi connectivity index (χ0n) is 8.00. The molecule has 0 aliphatic heterocycles. The maximum Gasteiger partial charge on any atom is 0.221 e. The molecule has 0 saturated heterocycles. The molecule has 0 aromatic heterocycles. The van der Waals surface area contributed by atoms with Crippen LogP contribution in [0, 0.1) is 0 Å². The van der Waals surface area contributed by atoms with Crippen LogP contribution >= 0.6 is 11.6 Å². The highest BCUT2D eigenvalue weighted by atomic mass is 35.5. The van der Waals surface area contributed by atoms with E-state index in [2.05, 4.69) is 0 Å². The Morgan fingerprint density at radius 1 is 1.21 bits per heavy atom. The Kier molecular flexibility index (Phi) is 4.63. The number of nitrogens with two attached hydrogens (primary N) is 1. The molecule has 0 aliphatic rings. The summed E-state index contributed by atoms with van der Waals surface area (Å²) in [5.41, 5.74) is 7.83. The second-order valence-corrected chi connectivity index (χ2v) is 3.65. The van der Waals surface area contributed by atoms with Crippen molar-refractivity contribution in [1.29, 1.82) is 0 Å². The van der Waals surface area contributed by atoms with E-state index in [4.69, 9.17) is 17.3 Å². The standard InChI is InChI=1S/C11H14ClNO/c12-11(14)3-1-2-9-4-6-10(8-13)7-5-9/h4-7H,1-3,8,13H2. The number of hydrogen-bond acceptors (Lipinski definition) is 2. The molecule has 1 aromatic rings. The van der Waals surface area contributed by atoms with Crippen LogP contribution in [-0.2, 0) is 17.8 Å². The molecule has 0 aliphatic carbocycles. The van der Waals surface area contributed by atoms with Gasteiger partial charge in [-0.3, -0.25) is 4.79 Å². The summed E-state index contributed by atoms with van der Waals surface area (Å²) >= 11 is 5.24. The maximum atomic E-state index is 10.5. The Balaban J connectivity index is 2.40. The van der Waals surface area contributed by atoms with Crippen molar-refractivity contribution < 1.29 is 4.79 Å². The van der Waals surface area contributed by atoms with E-state index in [1.807, 2.05) is 24.3 Å². The van der Waals surface area contributed by atoms with Gasteiger partial charge >= 0.3 is 0 Å². The molecule has 0 saturated carbocycles. The van der Waals surface area contributed by atoms with Gasteiger partial charge in [-0.2, -0.15) is 0 Å². The lowest BCUT2D eigenvalue weighted by Gasteiger charge is -2.01. The van der Waals surface area contributed by atoms with Crippen LogP contribution in [0.4, 0.5) is 0 Å². The van der Waals surface area contributed by atoms with E-state index in [0.717, 1.165) is 18.4 Å². The van der Waals surface area contributed by atoms with E-state index in [0.29, 0.717) is 13.0 Å². The number of halogens is 1. The monoisotopic (exact) mass is 211 g/mol. The first-order valence-corrected chi connectivity index (χ1v) is 5.06. The van der Waals surface area contributed by atoms with Gasteiger partial charge < -0.3 is 5.73 Å². The number of benzene rings is 1. The molecule has 0 atom stereocenters. The van der Waals surface area contributed by atoms with Gasteiger partial charge in [0.1, 0.15) is 0 Å². The minimum absolute atomic E-state index is 0.261. The smallest absolute Gasteiger partial charge is 0.221 e. The maximum absolute atomic E-state index is 10.5. The van der Waals surface area contributed by atoms with Gasteiger partial charge in [0, 0.05) is 13.0 Å². The van der Waals surface area contributed by atoms with Crippen LogP contribution in [0.1, 0.15) is 24.0 Å². The third-order valence-corrected chi connectivity index (χ3v) is 2.29. The largest absolute Gasteiger partial charge is 0.326 e. The molecule has 0 unspecified atom stereocenters. The van der Waals surface area contributed by atoms with E-state index in [1.165, 1.54) is 5.56 Å². The molecule has 14 heavy (non-hydrogen) atoms. The van der Waals surface area contributed by atoms with Crippen molar-refractivity contribution in [2.45, 2.75) is 25.8 Å². The fourth-order valence-corrected chi connectivity index (χ4v) is 1.41. The van der Waals surface area contributed by atoms with E-state index < -0.39 is 0 Å². The molecule has 1 aromatic carbocycles. The SMILES string of the molecule is NCc1ccc(CCCC(=O)Cl)cc1. The molecule has 0 amide bonds. The van der Waals surface area contributed by atoms with Crippen molar-refractivity contribution in [1.82, 2.24) is 0 Å². The second-order valence-electron chi connectivity index (χ2n) is 3.23. The summed E-state index contributed by atoms with van der Waals surface area (Å²) in [4.78, 5) is 10.5. The molecule has 1 rings (SSSR count). The van der Waals surface area contributed by atoms with E-state index in [-0.39, 0.29) is 5.24 Å². The average molecular weight is 212 g/mol. The zero-order valence-corrected chi connectivity index (χ0v) is 8.76. The van der Waals surface area contributed by atoms with Gasteiger partial charge in [-0.25, -0.2) is 0 Å². The van der Waals surface area contributed by atoms with Gasteiger partial charge in [0.2, 0.25) is 5.24 Å². The number of aryl methyl sites for hydroxylation is 1. The highest BCUT2D eigenvalue weighted by Gasteiger charge is 1.97. The average Bonchev–Trinajstić information content (AvgIpc) is 2.18. The lowest BCUT2D eigenvalue weighted by Crippen LogP contribution is -1.96. The van der Waals surface area contributed by atoms with Gasteiger partial charge in [-0.05, 0) is 35.6 Å². The predicted molar refractivity (Wildman–Crippen MR) is 58.1 cm³/mol. The van der Waals surface area contributed by atoms with Crippen molar-refractivity contribution in [3.63, 3.8) is 0 Å². The third-order valence-electron chi connectivity index (χ3n) is 2.10. The summed E-state index contributed by atoms with van der Waals surface area (Å²) in [6.07, 6.45) is 2.15. The van der Waals surface area contributed by atoms with Gasteiger partial charge in [-0.15, -0.1) is 0 Å². The van der Waals surface area contributed by atoms with Crippen molar-refractivity contribution in [3.8, 4) is 0 Å². The minimum atomic E-state index is -0.261. The molecule has 0 fully saturated rings. The molecule has 0 bridgehead atoms. The topological polar surface area (TPSA) is 43.1 Å². The van der Waals surface area contributed by atoms with Crippen LogP contribution < -0.4 is 5.73 Å². The second kappa shape index (κ2) is 5.78. The van der Waals surface area contributed by atoms with Crippen LogP contribution in [0.15, 0.2) is 24.3 Å². The minimum Gasteiger partial charge on any atom is -0.326 e. The first-order chi connectivity index (χ1) is 6.72. The van der Waals surface area contributed by atoms with Crippen molar-refractivity contribution in [2.24, 2.45) is 5.73 Å². The Labute approximate surface area is 89.1 Å². The Morgan fingerprint density at radius 3 is 2.29 bits per heavy atom. The molecular formula is C11H14ClNO. The van der Waals surface area contributed by atoms with Crippen LogP contribution in [-0.4, -0.2) is 5.24 Å². The quantitative estimate of drug-likeness (QED) is 0.760. The number of carbonyl (C=O) groups is 1. The predicted octanol–water partition coefficient (Wildman–Crippen LogP) is 2.23. The van der Waals surface area contributed by atoms with Crippen LogP contribution in [0.2, 0.25) is 0 Å². The summed E-state index contributed by atoms with van der Waals surface area (Å²) in [5, 5.41) is -0.261. The Hall–Kier alpha value is -0.860. The molecule has 0 heterocycles. The summed E-state index contributed by atoms with van der Waals surface area (Å²) in [6.45, 7) is 0.570. The van der Waals surface area contributed by atoms with Crippen molar-refractivity contribution in [2.75, 3.05) is 0 Å². The molecule has 2 N–H and O–H groups in total. The third kappa shape index (κ3) is 3.90. The van der Waals surface area contributed by atoms with Crippen LogP contribution in [0.25, 0.3) is 0 Å². The Morgan fingerprint density at radius 2 is 1.79 bits per heavy atom. The van der Waals surface area contributed by atoms with Crippen molar-refractivity contribution >= 4 is 16.8 Å². The van der Waals surface area contributed by atoms with Gasteiger partial charge in [0.15, 0.2) is 0 Å². The van der Waals surface area contributed by atoms with Crippen LogP contribution in [0.3, 0.4) is 0 Å². The fourth-order valence-electron chi connectivity index (χ4n) is 1.27. The lowest BCUT2D eigenvalue weighted by atomic mass is 10.1. The number of carbonyl (C=O) groups excluding carboxylic acids is 1. The van der Waals surface area contributed by atoms with Crippen LogP contribution in [0.5, 0.6) is 0 Å². The van der Waals surface area contributed by atoms with E-state index in [1.54, 1.807) is 0 Å². The molecule has 2 nitrogen and oxygen atoms in total. The zero-order chi connectivity index (χ0) is 10.4. The molecule has 76 valence electrons. The summed E-state index contributed by atoms with van der Waals surface area (Å²) in [6, 6.07) is 8.11. The summed E-state index contributed by atoms with van der Waals surface area (Å²) in [5.74, 6) is 0. The number of hydrogen-bond donors (Lipinski definition) is 1. The normalized spacial score (nSPS) is 10.1. The first-order valence-electron chi connectivity index (χ1n) is 4.68. The lowest BCUT2D eigenvalue weighted by molar-refractivity contribution is -0.111. The van der Waals surface area contributed by atoms with E-state index in [9.17, 15) is 4.79 Å². The van der Waals surface area contributed by atoms with Crippen molar-refractivity contribution in [3.05, 3.63) is 35.4 Å². The fraction of sp³-hybridized carbons (Fsp3) is 0.364. The molecular weight excluding hydrogens is 198 g/mol. The number of rotatable bonds is 5. The van der Waals surface area contributed by atoms with Gasteiger partial charge in [-0.1, -0.05) is 24.3 Å². The first kappa shape index (κ1) is 11.2. The van der Waals surface area contributed by atoms with E-state index >= 15 is 0 Å². The van der Waals surface area contributed by atoms with Gasteiger partial charge in [0.25, 0.3) is 0 Å². The molecule has 0 radical (unpaired) electrons. The van der Waals surface area contributed by atoms with Gasteiger partial charge in [0.05, 0.1) is 0 Å². The molecule has 3 heteroatoms. The molecule has 0 spiro atoms. The summed E-state index contributed by atoms with van der Waals surface area (Å²) < 4.78 is 0. The Bertz CT molecular complexity index is 295. The highest BCUT2D eigenvalue weighted by molar-refractivity contribution is 6.63. The summed E-state index contributed by atoms with van der Waals surface area (Å²) in [7, 11) is 0. The highest BCUT2D eigenvalue weighted by Crippen LogP contribution is 2.08.